The number of imide groups is 2. The quantitative estimate of drug-likeness (QED) is 0.0406. The van der Waals surface area contributed by atoms with Crippen molar-refractivity contribution >= 4 is 158 Å². The minimum Gasteiger partial charge on any atom is -0.274 e. The number of carbonyl (C=O) groups excluding carboxylic acids is 4. The van der Waals surface area contributed by atoms with E-state index in [2.05, 4.69) is 86.6 Å². The first-order chi connectivity index (χ1) is 46.4. The third-order valence-electron chi connectivity index (χ3n) is 19.9. The van der Waals surface area contributed by atoms with Crippen molar-refractivity contribution in [1.29, 1.82) is 0 Å². The summed E-state index contributed by atoms with van der Waals surface area (Å²) in [7, 11) is 0. The standard InChI is InChI=1S/C78H84Cl2F2N2O4S8/c1-11-19-23-43(15-5)32-59-51(79)37-61(93-59)65-49-31-41(9)89-70(49)66(62-38-52(80)60(94-62)33-44(16-6)24-20-12-2)50-36-63(95-71(50)65)74-69-68(77(87)84(78(69)88)40-46(18-8)26-22-14-4)73(96-74)58-30-28-56(92-58)48-35-53(81)47(34-54(48)82)55-27-29-57(91-55)72-67-64(42(10)90-72)75(85)83(76(67)86)39-45(17-7)25-21-13-3/h27-31,34-38,43-46H,11-26,32-33,39-40H2,1-10H3. The first-order valence-corrected chi connectivity index (χ1v) is 42.0. The van der Waals surface area contributed by atoms with Gasteiger partial charge in [-0.1, -0.05) is 168 Å². The molecule has 6 nitrogen and oxygen atoms in total. The van der Waals surface area contributed by atoms with Crippen LogP contribution in [0.3, 0.4) is 0 Å². The summed E-state index contributed by atoms with van der Waals surface area (Å²) < 4.78 is 36.1. The third kappa shape index (κ3) is 13.7. The lowest BCUT2D eigenvalue weighted by molar-refractivity contribution is 0.0609. The number of carbonyl (C=O) groups is 4. The number of aryl methyl sites for hydroxylation is 2. The summed E-state index contributed by atoms with van der Waals surface area (Å²) in [5, 5.41) is 3.80. The molecular formula is C78H84Cl2F2N2O4S8. The lowest BCUT2D eigenvalue weighted by Crippen LogP contribution is -2.34. The number of unbranched alkanes of at least 4 members (excludes halogenated alkanes) is 4. The smallest absolute Gasteiger partial charge is 0.263 e. The highest BCUT2D eigenvalue weighted by Crippen LogP contribution is 2.58. The lowest BCUT2D eigenvalue weighted by Gasteiger charge is -2.21. The van der Waals surface area contributed by atoms with Crippen LogP contribution >= 0.6 is 114 Å². The number of thiophene rings is 8. The van der Waals surface area contributed by atoms with Gasteiger partial charge in [0.15, 0.2) is 0 Å². The van der Waals surface area contributed by atoms with Gasteiger partial charge in [-0.3, -0.25) is 29.0 Å². The lowest BCUT2D eigenvalue weighted by atomic mass is 9.95. The van der Waals surface area contributed by atoms with Crippen molar-refractivity contribution in [1.82, 2.24) is 9.80 Å². The van der Waals surface area contributed by atoms with Crippen LogP contribution in [0.25, 0.3) is 91.2 Å². The molecule has 10 aromatic rings. The molecule has 2 aromatic carbocycles. The molecule has 10 heterocycles. The zero-order valence-corrected chi connectivity index (χ0v) is 64.6. The van der Waals surface area contributed by atoms with Crippen molar-refractivity contribution in [2.24, 2.45) is 23.7 Å². The molecule has 8 aromatic heterocycles. The van der Waals surface area contributed by atoms with E-state index < -0.39 is 11.6 Å². The maximum Gasteiger partial charge on any atom is 0.263 e. The van der Waals surface area contributed by atoms with Gasteiger partial charge in [0.05, 0.1) is 46.9 Å². The second-order valence-corrected chi connectivity index (χ2v) is 36.2. The van der Waals surface area contributed by atoms with Crippen LogP contribution in [0.5, 0.6) is 0 Å². The van der Waals surface area contributed by atoms with Crippen LogP contribution in [-0.2, 0) is 12.8 Å². The molecule has 0 spiro atoms. The summed E-state index contributed by atoms with van der Waals surface area (Å²) >= 11 is 27.1. The van der Waals surface area contributed by atoms with E-state index in [4.69, 9.17) is 23.2 Å². The zero-order valence-electron chi connectivity index (χ0n) is 56.5. The molecule has 0 saturated carbocycles. The number of amides is 4. The number of rotatable bonds is 31. The minimum atomic E-state index is -0.617. The predicted molar refractivity (Wildman–Crippen MR) is 413 cm³/mol. The van der Waals surface area contributed by atoms with Crippen LogP contribution in [0, 0.1) is 49.2 Å². The van der Waals surface area contributed by atoms with E-state index in [1.54, 1.807) is 57.5 Å². The van der Waals surface area contributed by atoms with Crippen molar-refractivity contribution in [2.75, 3.05) is 13.1 Å². The van der Waals surface area contributed by atoms with Crippen LogP contribution in [0.2, 0.25) is 10.0 Å². The number of fused-ring (bicyclic) bond motifs is 4. The molecule has 0 radical (unpaired) electrons. The number of benzene rings is 2. The number of hydrogen-bond acceptors (Lipinski definition) is 12. The maximum absolute atomic E-state index is 17.0. The second kappa shape index (κ2) is 30.6. The monoisotopic (exact) mass is 1480 g/mol. The summed E-state index contributed by atoms with van der Waals surface area (Å²) in [6.07, 6.45) is 18.6. The van der Waals surface area contributed by atoms with Gasteiger partial charge >= 0.3 is 0 Å². The summed E-state index contributed by atoms with van der Waals surface area (Å²) in [6.45, 7) is 22.3. The zero-order chi connectivity index (χ0) is 68.0. The van der Waals surface area contributed by atoms with E-state index in [-0.39, 0.29) is 46.6 Å². The van der Waals surface area contributed by atoms with Crippen molar-refractivity contribution in [3.63, 3.8) is 0 Å². The fourth-order valence-electron chi connectivity index (χ4n) is 14.1. The highest BCUT2D eigenvalue weighted by Gasteiger charge is 2.45. The van der Waals surface area contributed by atoms with Gasteiger partial charge in [0.25, 0.3) is 23.6 Å². The van der Waals surface area contributed by atoms with E-state index in [9.17, 15) is 9.59 Å². The first kappa shape index (κ1) is 71.1. The van der Waals surface area contributed by atoms with E-state index in [0.717, 1.165) is 159 Å². The highest BCUT2D eigenvalue weighted by molar-refractivity contribution is 7.30. The molecule has 4 amide bonds. The van der Waals surface area contributed by atoms with E-state index in [0.29, 0.717) is 81.3 Å². The Hall–Kier alpha value is -4.72. The Morgan fingerprint density at radius 2 is 0.781 bits per heavy atom. The van der Waals surface area contributed by atoms with Gasteiger partial charge in [0, 0.05) is 109 Å². The Morgan fingerprint density at radius 3 is 1.23 bits per heavy atom. The van der Waals surface area contributed by atoms with E-state index in [1.165, 1.54) is 99.5 Å². The van der Waals surface area contributed by atoms with Gasteiger partial charge in [0.2, 0.25) is 0 Å². The number of nitrogens with zero attached hydrogens (tertiary/aromatic N) is 2. The summed E-state index contributed by atoms with van der Waals surface area (Å²) in [4.78, 5) is 73.4. The van der Waals surface area contributed by atoms with Crippen LogP contribution in [0.4, 0.5) is 8.78 Å². The second-order valence-electron chi connectivity index (χ2n) is 26.4. The average molecular weight is 1480 g/mol. The Kier molecular flexibility index (Phi) is 22.7. The summed E-state index contributed by atoms with van der Waals surface area (Å²) in [5.74, 6) is -1.01. The van der Waals surface area contributed by atoms with Gasteiger partial charge in [-0.2, -0.15) is 0 Å². The molecule has 4 unspecified atom stereocenters. The van der Waals surface area contributed by atoms with Gasteiger partial charge in [-0.15, -0.1) is 90.7 Å². The SMILES string of the molecule is CCCCC(CC)Cc1sc(-c2c3cc(-c4sc(-c5ccc(-c6cc(F)c(-c7ccc(-c8sc(C)c9c8C(=O)N(CC(CC)CCCC)C9=O)s7)cc6F)s5)c5c4C(=O)N(CC(CC)CCCC)C5=O)sc3c(-c3cc(Cl)c(CC(CC)CCCC)s3)c3cc(C)sc23)cc1Cl. The molecule has 0 bridgehead atoms. The van der Waals surface area contributed by atoms with Crippen molar-refractivity contribution in [3.8, 4) is 71.0 Å². The molecule has 12 rings (SSSR count). The fourth-order valence-corrected chi connectivity index (χ4v) is 24.6. The Morgan fingerprint density at radius 1 is 0.396 bits per heavy atom. The summed E-state index contributed by atoms with van der Waals surface area (Å²) in [6, 6.07) is 18.6. The molecule has 0 N–H and O–H groups in total. The Balaban J connectivity index is 0.957. The van der Waals surface area contributed by atoms with Gasteiger partial charge in [-0.05, 0) is 124 Å². The van der Waals surface area contributed by atoms with Crippen molar-refractivity contribution < 1.29 is 28.0 Å². The van der Waals surface area contributed by atoms with Crippen LogP contribution in [0.1, 0.15) is 219 Å². The fraction of sp³-hybridized carbons (Fsp3) is 0.436. The van der Waals surface area contributed by atoms with Gasteiger partial charge in [0.1, 0.15) is 11.6 Å². The number of hydrogen-bond donors (Lipinski definition) is 0. The molecule has 2 aliphatic rings. The minimum absolute atomic E-state index is 0.0782. The third-order valence-corrected chi connectivity index (χ3v) is 30.4. The van der Waals surface area contributed by atoms with Crippen LogP contribution in [0.15, 0.2) is 60.7 Å². The number of halogens is 4. The molecule has 4 atom stereocenters. The Bertz CT molecular complexity index is 4450. The maximum atomic E-state index is 17.0. The molecule has 96 heavy (non-hydrogen) atoms. The van der Waals surface area contributed by atoms with E-state index in [1.807, 2.05) is 19.1 Å². The molecule has 0 saturated heterocycles. The normalized spacial score (nSPS) is 14.6. The van der Waals surface area contributed by atoms with Crippen molar-refractivity contribution in [3.05, 3.63) is 124 Å². The largest absolute Gasteiger partial charge is 0.274 e. The Labute approximate surface area is 606 Å². The molecule has 0 fully saturated rings. The average Bonchev–Trinajstić information content (AvgIpc) is 1.55. The first-order valence-electron chi connectivity index (χ1n) is 34.7. The van der Waals surface area contributed by atoms with Gasteiger partial charge in [-0.25, -0.2) is 8.78 Å². The molecule has 2 aliphatic heterocycles. The van der Waals surface area contributed by atoms with Gasteiger partial charge < -0.3 is 0 Å². The molecular weight excluding hydrogens is 1390 g/mol. The van der Waals surface area contributed by atoms with E-state index >= 15 is 18.4 Å². The van der Waals surface area contributed by atoms with Crippen LogP contribution < -0.4 is 0 Å². The molecule has 18 heteroatoms. The molecule has 506 valence electrons. The predicted octanol–water partition coefficient (Wildman–Crippen LogP) is 27.5. The molecule has 0 aliphatic carbocycles. The highest BCUT2D eigenvalue weighted by atomic mass is 35.5. The van der Waals surface area contributed by atoms with Crippen molar-refractivity contribution in [2.45, 2.75) is 185 Å². The topological polar surface area (TPSA) is 74.8 Å². The summed E-state index contributed by atoms with van der Waals surface area (Å²) in [5.41, 5.74) is 4.01. The van der Waals surface area contributed by atoms with Crippen LogP contribution in [-0.4, -0.2) is 46.5 Å².